The van der Waals surface area contributed by atoms with Crippen molar-refractivity contribution in [2.24, 2.45) is 0 Å². The summed E-state index contributed by atoms with van der Waals surface area (Å²) in [6.45, 7) is -0.0263. The van der Waals surface area contributed by atoms with Gasteiger partial charge in [-0.25, -0.2) is 18.6 Å². The molecule has 1 aliphatic rings. The number of thiazole rings is 1. The number of nitrogens with zero attached hydrogens (tertiary/aromatic N) is 4. The number of amides is 2. The molecule has 2 amide bonds. The van der Waals surface area contributed by atoms with Gasteiger partial charge >= 0.3 is 5.91 Å². The Morgan fingerprint density at radius 1 is 1.40 bits per heavy atom. The van der Waals surface area contributed by atoms with Gasteiger partial charge in [-0.15, -0.1) is 11.3 Å². The number of fused-ring (bicyclic) bond motifs is 1. The summed E-state index contributed by atoms with van der Waals surface area (Å²) in [4.78, 5) is 30.8. The first-order valence-electron chi connectivity index (χ1n) is 8.67. The molecule has 30 heavy (non-hydrogen) atoms. The predicted molar refractivity (Wildman–Crippen MR) is 109 cm³/mol. The molecule has 0 bridgehead atoms. The van der Waals surface area contributed by atoms with E-state index < -0.39 is 28.1 Å². The molecule has 12 heteroatoms. The second-order valence-corrected chi connectivity index (χ2v) is 8.55. The Labute approximate surface area is 177 Å². The maximum atomic E-state index is 13.9. The predicted octanol–water partition coefficient (Wildman–Crippen LogP) is 3.22. The Balaban J connectivity index is 1.51. The fourth-order valence-electron chi connectivity index (χ4n) is 3.15. The van der Waals surface area contributed by atoms with Crippen LogP contribution < -0.4 is 10.2 Å². The largest absolute Gasteiger partial charge is 0.624 e. The smallest absolute Gasteiger partial charge is 0.352 e. The molecule has 0 fully saturated rings. The number of hydrogen-bond donors (Lipinski definition) is 1. The SMILES string of the molecule is CN1C[N+](C)([O-])C(=O)c2c(CC(=O)Nc3nc(-c4ccc(F)cc4F)cs3)nsc21. The highest BCUT2D eigenvalue weighted by Crippen LogP contribution is 2.35. The third-order valence-corrected chi connectivity index (χ3v) is 6.26. The van der Waals surface area contributed by atoms with Crippen LogP contribution in [0.25, 0.3) is 11.3 Å². The lowest BCUT2D eigenvalue weighted by Crippen LogP contribution is -2.54. The molecule has 1 N–H and O–H groups in total. The van der Waals surface area contributed by atoms with E-state index in [0.717, 1.165) is 35.0 Å². The number of halogens is 2. The van der Waals surface area contributed by atoms with Crippen molar-refractivity contribution in [1.82, 2.24) is 9.36 Å². The van der Waals surface area contributed by atoms with Crippen LogP contribution in [0.3, 0.4) is 0 Å². The summed E-state index contributed by atoms with van der Waals surface area (Å²) in [5.41, 5.74) is 0.762. The number of aromatic nitrogens is 2. The lowest BCUT2D eigenvalue weighted by Gasteiger charge is -2.42. The molecule has 8 nitrogen and oxygen atoms in total. The molecular formula is C18H15F2N5O3S2. The third-order valence-electron chi connectivity index (χ3n) is 4.50. The van der Waals surface area contributed by atoms with Crippen LogP contribution in [-0.4, -0.2) is 46.6 Å². The first kappa shape index (κ1) is 20.5. The van der Waals surface area contributed by atoms with E-state index in [-0.39, 0.29) is 40.7 Å². The van der Waals surface area contributed by atoms with Gasteiger partial charge in [0.05, 0.1) is 24.9 Å². The molecule has 1 unspecified atom stereocenters. The summed E-state index contributed by atoms with van der Waals surface area (Å²) in [6, 6.07) is 3.15. The van der Waals surface area contributed by atoms with Crippen molar-refractivity contribution >= 4 is 44.8 Å². The Hall–Kier alpha value is -2.80. The van der Waals surface area contributed by atoms with Crippen molar-refractivity contribution in [3.05, 3.63) is 51.7 Å². The first-order chi connectivity index (χ1) is 14.2. The van der Waals surface area contributed by atoms with Crippen molar-refractivity contribution in [3.63, 3.8) is 0 Å². The molecule has 0 saturated heterocycles. The second-order valence-electron chi connectivity index (χ2n) is 6.94. The molecule has 1 aromatic carbocycles. The standard InChI is InChI=1S/C18H15F2N5O3S2/c1-24-8-25(2,28)17(27)15-12(23-30-16(15)24)6-14(26)22-18-21-13(7-29-18)10-4-3-9(19)5-11(10)20/h3-5,7H,6,8H2,1-2H3,(H,21,22,26). The van der Waals surface area contributed by atoms with E-state index in [9.17, 15) is 23.6 Å². The van der Waals surface area contributed by atoms with Crippen LogP contribution in [0.5, 0.6) is 0 Å². The van der Waals surface area contributed by atoms with Gasteiger partial charge in [0, 0.05) is 24.1 Å². The third kappa shape index (κ3) is 3.69. The van der Waals surface area contributed by atoms with Gasteiger partial charge < -0.3 is 15.4 Å². The Morgan fingerprint density at radius 2 is 2.17 bits per heavy atom. The summed E-state index contributed by atoms with van der Waals surface area (Å²) < 4.78 is 30.1. The van der Waals surface area contributed by atoms with Crippen LogP contribution in [0.2, 0.25) is 0 Å². The average Bonchev–Trinajstić information content (AvgIpc) is 3.27. The van der Waals surface area contributed by atoms with Crippen LogP contribution in [0.15, 0.2) is 23.6 Å². The summed E-state index contributed by atoms with van der Waals surface area (Å²) in [6.07, 6.45) is -0.217. The molecule has 0 radical (unpaired) electrons. The molecule has 0 saturated carbocycles. The van der Waals surface area contributed by atoms with Gasteiger partial charge in [-0.05, 0) is 23.7 Å². The van der Waals surface area contributed by atoms with Gasteiger partial charge in [-0.1, -0.05) is 0 Å². The van der Waals surface area contributed by atoms with E-state index in [1.165, 1.54) is 18.5 Å². The van der Waals surface area contributed by atoms with Gasteiger partial charge in [0.25, 0.3) is 0 Å². The van der Waals surface area contributed by atoms with E-state index in [1.54, 1.807) is 11.9 Å². The minimum Gasteiger partial charge on any atom is -0.624 e. The van der Waals surface area contributed by atoms with E-state index in [2.05, 4.69) is 14.7 Å². The monoisotopic (exact) mass is 451 g/mol. The number of benzene rings is 1. The quantitative estimate of drug-likeness (QED) is 0.483. The number of carbonyl (C=O) groups is 2. The van der Waals surface area contributed by atoms with E-state index in [1.807, 2.05) is 0 Å². The van der Waals surface area contributed by atoms with Crippen LogP contribution in [0.4, 0.5) is 18.9 Å². The fraction of sp³-hybridized carbons (Fsp3) is 0.222. The maximum absolute atomic E-state index is 13.9. The number of quaternary nitrogens is 1. The topological polar surface area (TPSA) is 98.2 Å². The molecule has 156 valence electrons. The summed E-state index contributed by atoms with van der Waals surface area (Å²) in [5.74, 6) is -2.57. The molecular weight excluding hydrogens is 436 g/mol. The zero-order valence-corrected chi connectivity index (χ0v) is 17.4. The fourth-order valence-corrected chi connectivity index (χ4v) is 4.72. The Kier molecular flexibility index (Phi) is 5.10. The van der Waals surface area contributed by atoms with Crippen molar-refractivity contribution < 1.29 is 23.0 Å². The summed E-state index contributed by atoms with van der Waals surface area (Å²) >= 11 is 2.14. The van der Waals surface area contributed by atoms with Crippen molar-refractivity contribution in [1.29, 1.82) is 0 Å². The molecule has 0 spiro atoms. The number of anilines is 2. The number of rotatable bonds is 4. The molecule has 1 aliphatic heterocycles. The minimum absolute atomic E-state index is 0.0263. The van der Waals surface area contributed by atoms with Gasteiger partial charge in [0.15, 0.2) is 11.8 Å². The van der Waals surface area contributed by atoms with Crippen LogP contribution in [-0.2, 0) is 11.2 Å². The lowest BCUT2D eigenvalue weighted by molar-refractivity contribution is -0.776. The second kappa shape index (κ2) is 7.47. The number of nitrogens with one attached hydrogen (secondary N) is 1. The van der Waals surface area contributed by atoms with Crippen molar-refractivity contribution in [2.45, 2.75) is 6.42 Å². The summed E-state index contributed by atoms with van der Waals surface area (Å²) in [5, 5.41) is 17.3. The van der Waals surface area contributed by atoms with Gasteiger partial charge in [-0.2, -0.15) is 4.37 Å². The highest BCUT2D eigenvalue weighted by molar-refractivity contribution is 7.14. The number of hydrogen-bond acceptors (Lipinski definition) is 8. The zero-order chi connectivity index (χ0) is 21.6. The van der Waals surface area contributed by atoms with E-state index in [0.29, 0.717) is 5.00 Å². The molecule has 3 heterocycles. The van der Waals surface area contributed by atoms with Gasteiger partial charge in [0.1, 0.15) is 22.2 Å². The highest BCUT2D eigenvalue weighted by atomic mass is 32.1. The average molecular weight is 451 g/mol. The van der Waals surface area contributed by atoms with Crippen LogP contribution >= 0.6 is 22.9 Å². The Bertz CT molecular complexity index is 1160. The van der Waals surface area contributed by atoms with E-state index in [4.69, 9.17) is 0 Å². The molecule has 2 aromatic heterocycles. The van der Waals surface area contributed by atoms with E-state index >= 15 is 0 Å². The highest BCUT2D eigenvalue weighted by Gasteiger charge is 2.39. The molecule has 4 rings (SSSR count). The molecule has 3 aromatic rings. The zero-order valence-electron chi connectivity index (χ0n) is 15.8. The molecule has 0 aliphatic carbocycles. The number of carbonyl (C=O) groups excluding carboxylic acids is 2. The minimum atomic E-state index is -1.10. The van der Waals surface area contributed by atoms with Crippen LogP contribution in [0.1, 0.15) is 16.1 Å². The van der Waals surface area contributed by atoms with Gasteiger partial charge in [0.2, 0.25) is 5.91 Å². The lowest BCUT2D eigenvalue weighted by atomic mass is 10.1. The Morgan fingerprint density at radius 3 is 2.90 bits per heavy atom. The maximum Gasteiger partial charge on any atom is 0.352 e. The normalized spacial score (nSPS) is 18.4. The summed E-state index contributed by atoms with van der Waals surface area (Å²) in [7, 11) is 2.95. The van der Waals surface area contributed by atoms with Gasteiger partial charge in [-0.3, -0.25) is 9.44 Å². The van der Waals surface area contributed by atoms with Crippen LogP contribution in [0, 0.1) is 16.8 Å². The first-order valence-corrected chi connectivity index (χ1v) is 10.3. The van der Waals surface area contributed by atoms with Crippen molar-refractivity contribution in [3.8, 4) is 11.3 Å². The number of hydroxylamine groups is 3. The van der Waals surface area contributed by atoms with Crippen molar-refractivity contribution in [2.75, 3.05) is 31.0 Å². The molecule has 1 atom stereocenters.